The minimum Gasteiger partial charge on any atom is -0.488 e. The zero-order valence-corrected chi connectivity index (χ0v) is 24.9. The smallest absolute Gasteiger partial charge is 0.435 e. The van der Waals surface area contributed by atoms with Crippen molar-refractivity contribution in [2.24, 2.45) is 0 Å². The maximum absolute atomic E-state index is 13.6. The summed E-state index contributed by atoms with van der Waals surface area (Å²) in [5.74, 6) is 0.165. The van der Waals surface area contributed by atoms with E-state index in [4.69, 9.17) is 9.47 Å². The van der Waals surface area contributed by atoms with Crippen molar-refractivity contribution in [3.05, 3.63) is 101 Å². The van der Waals surface area contributed by atoms with E-state index in [0.29, 0.717) is 35.7 Å². The van der Waals surface area contributed by atoms with Crippen LogP contribution in [0.4, 0.5) is 10.5 Å². The average molecular weight is 581 g/mol. The highest BCUT2D eigenvalue weighted by Gasteiger charge is 2.21. The summed E-state index contributed by atoms with van der Waals surface area (Å²) >= 11 is 0. The zero-order chi connectivity index (χ0) is 30.6. The Kier molecular flexibility index (Phi) is 8.61. The van der Waals surface area contributed by atoms with Gasteiger partial charge in [0.2, 0.25) is 5.91 Å². The van der Waals surface area contributed by atoms with E-state index >= 15 is 0 Å². The molecule has 1 aliphatic heterocycles. The number of amides is 2. The van der Waals surface area contributed by atoms with Crippen molar-refractivity contribution in [3.8, 4) is 16.9 Å². The van der Waals surface area contributed by atoms with Crippen LogP contribution in [0.15, 0.2) is 79.1 Å². The predicted octanol–water partition coefficient (Wildman–Crippen LogP) is 6.11. The summed E-state index contributed by atoms with van der Waals surface area (Å²) in [5.41, 5.74) is 5.07. The molecule has 3 aromatic carbocycles. The molecule has 0 unspecified atom stereocenters. The number of ether oxygens (including phenoxy) is 2. The highest BCUT2D eigenvalue weighted by atomic mass is 16.6. The molecule has 0 bridgehead atoms. The van der Waals surface area contributed by atoms with Crippen LogP contribution in [0.1, 0.15) is 54.7 Å². The maximum atomic E-state index is 13.6. The fourth-order valence-electron chi connectivity index (χ4n) is 4.94. The number of carbonyl (C=O) groups excluding carboxylic acids is 3. The van der Waals surface area contributed by atoms with Crippen molar-refractivity contribution < 1.29 is 23.9 Å². The largest absolute Gasteiger partial charge is 0.488 e. The molecule has 0 radical (unpaired) electrons. The first kappa shape index (κ1) is 29.6. The van der Waals surface area contributed by atoms with Gasteiger partial charge in [-0.05, 0) is 80.1 Å². The van der Waals surface area contributed by atoms with Crippen LogP contribution >= 0.6 is 0 Å². The quantitative estimate of drug-likeness (QED) is 0.295. The normalized spacial score (nSPS) is 13.1. The number of rotatable bonds is 6. The van der Waals surface area contributed by atoms with E-state index in [1.807, 2.05) is 53.4 Å². The summed E-state index contributed by atoms with van der Waals surface area (Å²) in [7, 11) is 0. The van der Waals surface area contributed by atoms with Gasteiger partial charge in [-0.15, -0.1) is 0 Å². The lowest BCUT2D eigenvalue weighted by Crippen LogP contribution is -2.30. The summed E-state index contributed by atoms with van der Waals surface area (Å²) < 4.78 is 12.8. The molecule has 222 valence electrons. The van der Waals surface area contributed by atoms with Crippen LogP contribution < -0.4 is 10.1 Å². The number of benzene rings is 3. The van der Waals surface area contributed by atoms with Crippen molar-refractivity contribution in [3.63, 3.8) is 0 Å². The zero-order valence-electron chi connectivity index (χ0n) is 24.9. The van der Waals surface area contributed by atoms with Crippen LogP contribution in [-0.4, -0.2) is 51.3 Å². The van der Waals surface area contributed by atoms with E-state index in [1.54, 1.807) is 58.3 Å². The second-order valence-corrected chi connectivity index (χ2v) is 11.6. The molecule has 4 aromatic rings. The summed E-state index contributed by atoms with van der Waals surface area (Å²) in [6.07, 6.45) is 4.10. The Labute approximate surface area is 251 Å². The van der Waals surface area contributed by atoms with Crippen LogP contribution in [0, 0.1) is 0 Å². The molecule has 0 atom stereocenters. The Bertz CT molecular complexity index is 1640. The molecule has 0 saturated heterocycles. The van der Waals surface area contributed by atoms with Crippen molar-refractivity contribution in [1.29, 1.82) is 0 Å². The fraction of sp³-hybridized carbons (Fsp3) is 0.294. The number of hydrogen-bond donors (Lipinski definition) is 1. The lowest BCUT2D eigenvalue weighted by Gasteiger charge is -2.18. The molecule has 0 fully saturated rings. The fourth-order valence-corrected chi connectivity index (χ4v) is 4.94. The van der Waals surface area contributed by atoms with Crippen molar-refractivity contribution in [1.82, 2.24) is 14.7 Å². The first-order valence-corrected chi connectivity index (χ1v) is 14.3. The molecule has 1 N–H and O–H groups in total. The lowest BCUT2D eigenvalue weighted by molar-refractivity contribution is -0.128. The Hall–Kier alpha value is -4.92. The van der Waals surface area contributed by atoms with Gasteiger partial charge in [-0.3, -0.25) is 9.59 Å². The van der Waals surface area contributed by atoms with Gasteiger partial charge < -0.3 is 19.7 Å². The van der Waals surface area contributed by atoms with Gasteiger partial charge in [0.15, 0.2) is 0 Å². The standard InChI is InChI=1S/C34H36N4O5/c1-23(39)37-16-14-25-10-12-29(18-27(25)15-17-37)36-32(40)30-13-11-26(19-31(30)42-22-24-8-6-5-7-9-24)28-20-35-38(21-28)33(41)43-34(2,3)4/h5-13,18-21H,14-17,22H2,1-4H3,(H,36,40). The van der Waals surface area contributed by atoms with Crippen LogP contribution in [0.5, 0.6) is 5.75 Å². The van der Waals surface area contributed by atoms with Gasteiger partial charge in [0.25, 0.3) is 5.91 Å². The van der Waals surface area contributed by atoms with E-state index < -0.39 is 11.7 Å². The van der Waals surface area contributed by atoms with Gasteiger partial charge in [-0.1, -0.05) is 42.5 Å². The lowest BCUT2D eigenvalue weighted by atomic mass is 10.0. The van der Waals surface area contributed by atoms with Crippen LogP contribution in [0.2, 0.25) is 0 Å². The number of anilines is 1. The van der Waals surface area contributed by atoms with E-state index in [-0.39, 0.29) is 18.4 Å². The molecule has 9 nitrogen and oxygen atoms in total. The number of carbonyl (C=O) groups is 3. The Morgan fingerprint density at radius 1 is 0.907 bits per heavy atom. The third kappa shape index (κ3) is 7.48. The number of nitrogens with zero attached hydrogens (tertiary/aromatic N) is 3. The van der Waals surface area contributed by atoms with E-state index in [9.17, 15) is 14.4 Å². The molecular formula is C34H36N4O5. The molecule has 2 amide bonds. The third-order valence-electron chi connectivity index (χ3n) is 7.17. The highest BCUT2D eigenvalue weighted by molar-refractivity contribution is 6.06. The number of hydrogen-bond acceptors (Lipinski definition) is 6. The second kappa shape index (κ2) is 12.5. The predicted molar refractivity (Wildman–Crippen MR) is 164 cm³/mol. The molecule has 5 rings (SSSR count). The maximum Gasteiger partial charge on any atom is 0.435 e. The van der Waals surface area contributed by atoms with Crippen molar-refractivity contribution >= 4 is 23.6 Å². The molecule has 9 heteroatoms. The van der Waals surface area contributed by atoms with Crippen LogP contribution in [-0.2, 0) is 29.0 Å². The summed E-state index contributed by atoms with van der Waals surface area (Å²) in [4.78, 5) is 39.8. The van der Waals surface area contributed by atoms with Gasteiger partial charge in [0.05, 0.1) is 11.8 Å². The Morgan fingerprint density at radius 2 is 1.65 bits per heavy atom. The molecule has 0 saturated carbocycles. The van der Waals surface area contributed by atoms with Crippen molar-refractivity contribution in [2.75, 3.05) is 18.4 Å². The molecule has 1 aliphatic rings. The number of aromatic nitrogens is 2. The van der Waals surface area contributed by atoms with Gasteiger partial charge in [0, 0.05) is 37.5 Å². The Morgan fingerprint density at radius 3 is 2.37 bits per heavy atom. The SMILES string of the molecule is CC(=O)N1CCc2ccc(NC(=O)c3ccc(-c4cnn(C(=O)OC(C)(C)C)c4)cc3OCc3ccccc3)cc2CC1. The Balaban J connectivity index is 1.39. The van der Waals surface area contributed by atoms with E-state index in [1.165, 1.54) is 5.56 Å². The molecule has 1 aromatic heterocycles. The van der Waals surface area contributed by atoms with Gasteiger partial charge in [-0.2, -0.15) is 9.78 Å². The molecule has 0 aliphatic carbocycles. The van der Waals surface area contributed by atoms with Crippen LogP contribution in [0.3, 0.4) is 0 Å². The third-order valence-corrected chi connectivity index (χ3v) is 7.17. The molecule has 43 heavy (non-hydrogen) atoms. The highest BCUT2D eigenvalue weighted by Crippen LogP contribution is 2.30. The molecule has 2 heterocycles. The molecule has 0 spiro atoms. The average Bonchev–Trinajstić information content (AvgIpc) is 3.37. The van der Waals surface area contributed by atoms with Gasteiger partial charge in [-0.25, -0.2) is 4.79 Å². The summed E-state index contributed by atoms with van der Waals surface area (Å²) in [6, 6.07) is 20.9. The van der Waals surface area contributed by atoms with Gasteiger partial charge >= 0.3 is 6.09 Å². The summed E-state index contributed by atoms with van der Waals surface area (Å²) in [6.45, 7) is 8.60. The van der Waals surface area contributed by atoms with E-state index in [0.717, 1.165) is 34.2 Å². The van der Waals surface area contributed by atoms with Crippen molar-refractivity contribution in [2.45, 2.75) is 52.7 Å². The first-order valence-electron chi connectivity index (χ1n) is 14.3. The second-order valence-electron chi connectivity index (χ2n) is 11.6. The monoisotopic (exact) mass is 580 g/mol. The molecular weight excluding hydrogens is 544 g/mol. The minimum absolute atomic E-state index is 0.0741. The van der Waals surface area contributed by atoms with E-state index in [2.05, 4.69) is 10.4 Å². The summed E-state index contributed by atoms with van der Waals surface area (Å²) in [5, 5.41) is 7.19. The van der Waals surface area contributed by atoms with Gasteiger partial charge in [0.1, 0.15) is 18.0 Å². The minimum atomic E-state index is -0.650. The van der Waals surface area contributed by atoms with Crippen LogP contribution in [0.25, 0.3) is 11.1 Å². The number of nitrogens with one attached hydrogen (secondary N) is 1. The first-order chi connectivity index (χ1) is 20.6. The number of fused-ring (bicyclic) bond motifs is 1. The topological polar surface area (TPSA) is 103 Å².